The largest absolute Gasteiger partial charge is 0.383 e. The van der Waals surface area contributed by atoms with Gasteiger partial charge in [0.2, 0.25) is 0 Å². The van der Waals surface area contributed by atoms with Crippen molar-refractivity contribution in [1.29, 1.82) is 0 Å². The fraction of sp³-hybridized carbons (Fsp3) is 0.0667. The lowest BCUT2D eigenvalue weighted by Crippen LogP contribution is -1.98. The van der Waals surface area contributed by atoms with Gasteiger partial charge >= 0.3 is 0 Å². The topological polar surface area (TPSA) is 51.8 Å². The minimum Gasteiger partial charge on any atom is -0.383 e. The molecule has 1 aromatic heterocycles. The van der Waals surface area contributed by atoms with Crippen LogP contribution in [-0.4, -0.2) is 9.97 Å². The highest BCUT2D eigenvalue weighted by molar-refractivity contribution is 9.11. The zero-order chi connectivity index (χ0) is 14.3. The van der Waals surface area contributed by atoms with E-state index in [0.29, 0.717) is 11.6 Å². The van der Waals surface area contributed by atoms with Crippen molar-refractivity contribution < 1.29 is 0 Å². The van der Waals surface area contributed by atoms with Gasteiger partial charge in [-0.15, -0.1) is 0 Å². The highest BCUT2D eigenvalue weighted by Gasteiger charge is 2.10. The molecule has 2 N–H and O–H groups in total. The summed E-state index contributed by atoms with van der Waals surface area (Å²) in [5.41, 5.74) is 9.04. The van der Waals surface area contributed by atoms with Crippen molar-refractivity contribution in [2.45, 2.75) is 6.92 Å². The molecule has 1 heterocycles. The third kappa shape index (κ3) is 2.43. The van der Waals surface area contributed by atoms with Crippen molar-refractivity contribution in [3.63, 3.8) is 0 Å². The quantitative estimate of drug-likeness (QED) is 0.652. The van der Waals surface area contributed by atoms with Crippen LogP contribution in [0, 0.1) is 6.92 Å². The molecule has 0 fully saturated rings. The van der Waals surface area contributed by atoms with Crippen molar-refractivity contribution in [1.82, 2.24) is 9.97 Å². The van der Waals surface area contributed by atoms with Crippen molar-refractivity contribution in [2.75, 3.05) is 5.73 Å². The molecule has 0 unspecified atom stereocenters. The Labute approximate surface area is 133 Å². The first kappa shape index (κ1) is 13.5. The van der Waals surface area contributed by atoms with Gasteiger partial charge in [0, 0.05) is 19.9 Å². The van der Waals surface area contributed by atoms with Gasteiger partial charge in [-0.05, 0) is 35.0 Å². The molecular formula is C15H11Br2N3. The van der Waals surface area contributed by atoms with Gasteiger partial charge in [-0.2, -0.15) is 0 Å². The summed E-state index contributed by atoms with van der Waals surface area (Å²) in [4.78, 5) is 9.03. The van der Waals surface area contributed by atoms with Crippen LogP contribution in [0.15, 0.2) is 45.3 Å². The van der Waals surface area contributed by atoms with E-state index in [-0.39, 0.29) is 0 Å². The van der Waals surface area contributed by atoms with E-state index in [2.05, 4.69) is 41.8 Å². The van der Waals surface area contributed by atoms with E-state index < -0.39 is 0 Å². The van der Waals surface area contributed by atoms with Gasteiger partial charge in [-0.1, -0.05) is 45.8 Å². The van der Waals surface area contributed by atoms with Crippen molar-refractivity contribution in [3.05, 3.63) is 50.9 Å². The summed E-state index contributed by atoms with van der Waals surface area (Å²) in [5, 5.41) is 0.835. The summed E-state index contributed by atoms with van der Waals surface area (Å²) in [6, 6.07) is 12.0. The number of benzene rings is 2. The molecule has 3 nitrogen and oxygen atoms in total. The predicted octanol–water partition coefficient (Wildman–Crippen LogP) is 4.71. The van der Waals surface area contributed by atoms with Crippen LogP contribution >= 0.6 is 31.9 Å². The molecule has 0 aliphatic heterocycles. The Bertz CT molecular complexity index is 798. The second-order valence-corrected chi connectivity index (χ2v) is 6.35. The number of rotatable bonds is 1. The number of anilines is 1. The molecular weight excluding hydrogens is 382 g/mol. The number of aryl methyl sites for hydroxylation is 1. The molecule has 0 spiro atoms. The molecule has 0 bridgehead atoms. The number of fused-ring (bicyclic) bond motifs is 1. The fourth-order valence-electron chi connectivity index (χ4n) is 2.01. The lowest BCUT2D eigenvalue weighted by atomic mass is 10.1. The van der Waals surface area contributed by atoms with E-state index in [0.717, 1.165) is 25.4 Å². The van der Waals surface area contributed by atoms with Gasteiger partial charge in [-0.3, -0.25) is 0 Å². The Kier molecular flexibility index (Phi) is 3.48. The summed E-state index contributed by atoms with van der Waals surface area (Å²) in [6.07, 6.45) is 0. The highest BCUT2D eigenvalue weighted by Crippen LogP contribution is 2.31. The van der Waals surface area contributed by atoms with Crippen LogP contribution in [0.25, 0.3) is 22.3 Å². The maximum Gasteiger partial charge on any atom is 0.162 e. The van der Waals surface area contributed by atoms with E-state index >= 15 is 0 Å². The van der Waals surface area contributed by atoms with Crippen LogP contribution in [-0.2, 0) is 0 Å². The molecule has 0 radical (unpaired) electrons. The predicted molar refractivity (Wildman–Crippen MR) is 89.5 cm³/mol. The molecule has 0 amide bonds. The lowest BCUT2D eigenvalue weighted by Gasteiger charge is -2.08. The number of nitrogens with zero attached hydrogens (tertiary/aromatic N) is 2. The van der Waals surface area contributed by atoms with Crippen molar-refractivity contribution in [3.8, 4) is 11.4 Å². The second kappa shape index (κ2) is 5.14. The first-order valence-electron chi connectivity index (χ1n) is 6.04. The van der Waals surface area contributed by atoms with Crippen LogP contribution in [0.4, 0.5) is 5.82 Å². The second-order valence-electron chi connectivity index (χ2n) is 4.58. The summed E-state index contributed by atoms with van der Waals surface area (Å²) in [5.74, 6) is 1.12. The van der Waals surface area contributed by atoms with Gasteiger partial charge in [0.05, 0.1) is 5.52 Å². The molecule has 20 heavy (non-hydrogen) atoms. The van der Waals surface area contributed by atoms with Crippen LogP contribution in [0.3, 0.4) is 0 Å². The average molecular weight is 393 g/mol. The maximum absolute atomic E-state index is 6.07. The maximum atomic E-state index is 6.07. The van der Waals surface area contributed by atoms with Crippen LogP contribution < -0.4 is 5.73 Å². The van der Waals surface area contributed by atoms with E-state index in [9.17, 15) is 0 Å². The zero-order valence-corrected chi connectivity index (χ0v) is 13.9. The average Bonchev–Trinajstić information content (AvgIpc) is 2.40. The molecule has 0 aliphatic rings. The summed E-state index contributed by atoms with van der Waals surface area (Å²) in [7, 11) is 0. The third-order valence-corrected chi connectivity index (χ3v) is 4.12. The zero-order valence-electron chi connectivity index (χ0n) is 10.7. The first-order valence-corrected chi connectivity index (χ1v) is 7.62. The molecule has 0 saturated carbocycles. The third-order valence-electron chi connectivity index (χ3n) is 3.06. The number of nitrogen functional groups attached to an aromatic ring is 1. The Balaban J connectivity index is 2.26. The molecule has 3 aromatic rings. The number of aromatic nitrogens is 2. The molecule has 0 aliphatic carbocycles. The van der Waals surface area contributed by atoms with E-state index in [1.54, 1.807) is 0 Å². The number of hydrogen-bond acceptors (Lipinski definition) is 3. The molecule has 5 heteroatoms. The van der Waals surface area contributed by atoms with Crippen molar-refractivity contribution >= 4 is 48.6 Å². The molecule has 3 rings (SSSR count). The Morgan fingerprint density at radius 2 is 1.70 bits per heavy atom. The van der Waals surface area contributed by atoms with Crippen molar-refractivity contribution in [2.24, 2.45) is 0 Å². The normalized spacial score (nSPS) is 10.9. The monoisotopic (exact) mass is 391 g/mol. The molecule has 2 aromatic carbocycles. The van der Waals surface area contributed by atoms with Gasteiger partial charge in [-0.25, -0.2) is 9.97 Å². The SMILES string of the molecule is Cc1ccc(-c2nc(N)c3cc(Br)cc(Br)c3n2)cc1. The molecule has 100 valence electrons. The van der Waals surface area contributed by atoms with E-state index in [4.69, 9.17) is 5.73 Å². The number of hydrogen-bond donors (Lipinski definition) is 1. The summed E-state index contributed by atoms with van der Waals surface area (Å²) < 4.78 is 1.83. The van der Waals surface area contributed by atoms with Gasteiger partial charge in [0.1, 0.15) is 5.82 Å². The van der Waals surface area contributed by atoms with E-state index in [1.807, 2.05) is 43.3 Å². The Morgan fingerprint density at radius 1 is 1.00 bits per heavy atom. The summed E-state index contributed by atoms with van der Waals surface area (Å²) in [6.45, 7) is 2.05. The lowest BCUT2D eigenvalue weighted by molar-refractivity contribution is 1.23. The smallest absolute Gasteiger partial charge is 0.162 e. The van der Waals surface area contributed by atoms with Gasteiger partial charge in [0.25, 0.3) is 0 Å². The van der Waals surface area contributed by atoms with E-state index in [1.165, 1.54) is 5.56 Å². The Morgan fingerprint density at radius 3 is 2.40 bits per heavy atom. The number of halogens is 2. The fourth-order valence-corrected chi connectivity index (χ4v) is 3.33. The van der Waals surface area contributed by atoms with Crippen LogP contribution in [0.2, 0.25) is 0 Å². The standard InChI is InChI=1S/C15H11Br2N3/c1-8-2-4-9(5-3-8)15-19-13-11(14(18)20-15)6-10(16)7-12(13)17/h2-7H,1H3,(H2,18,19,20). The Hall–Kier alpha value is -1.46. The highest BCUT2D eigenvalue weighted by atomic mass is 79.9. The minimum absolute atomic E-state index is 0.479. The minimum atomic E-state index is 0.479. The molecule has 0 atom stereocenters. The van der Waals surface area contributed by atoms with Gasteiger partial charge in [0.15, 0.2) is 5.82 Å². The van der Waals surface area contributed by atoms with Crippen LogP contribution in [0.5, 0.6) is 0 Å². The summed E-state index contributed by atoms with van der Waals surface area (Å²) >= 11 is 6.97. The molecule has 0 saturated heterocycles. The van der Waals surface area contributed by atoms with Crippen LogP contribution in [0.1, 0.15) is 5.56 Å². The first-order chi connectivity index (χ1) is 9.54. The van der Waals surface area contributed by atoms with Gasteiger partial charge < -0.3 is 5.73 Å². The number of nitrogens with two attached hydrogens (primary N) is 1.